The summed E-state index contributed by atoms with van der Waals surface area (Å²) < 4.78 is 10.7. The van der Waals surface area contributed by atoms with Crippen LogP contribution in [0.4, 0.5) is 0 Å². The van der Waals surface area contributed by atoms with Crippen molar-refractivity contribution < 1.29 is 51.8 Å². The van der Waals surface area contributed by atoms with E-state index in [0.29, 0.717) is 11.1 Å². The summed E-state index contributed by atoms with van der Waals surface area (Å²) in [4.78, 5) is 15.6. The van der Waals surface area contributed by atoms with Gasteiger partial charge in [-0.3, -0.25) is 0 Å². The molecule has 1 aromatic rings. The van der Waals surface area contributed by atoms with Crippen molar-refractivity contribution in [2.75, 3.05) is 21.3 Å². The first kappa shape index (κ1) is 21.7. The summed E-state index contributed by atoms with van der Waals surface area (Å²) in [5.41, 5.74) is 1.29. The van der Waals surface area contributed by atoms with Gasteiger partial charge >= 0.3 is 0 Å². The van der Waals surface area contributed by atoms with Crippen LogP contribution in [0.3, 0.4) is 0 Å². The minimum Gasteiger partial charge on any atom is -0.417 e. The van der Waals surface area contributed by atoms with E-state index in [0.717, 1.165) is 0 Å². The molecule has 1 radical (unpaired) electrons. The summed E-state index contributed by atoms with van der Waals surface area (Å²) in [5.74, 6) is -0.970. The van der Waals surface area contributed by atoms with E-state index >= 15 is 0 Å². The molecule has 0 saturated carbocycles. The normalized spacial score (nSPS) is 11.1. The zero-order valence-electron chi connectivity index (χ0n) is 12.5. The molecule has 0 spiro atoms. The van der Waals surface area contributed by atoms with Crippen LogP contribution in [0, 0.1) is 7.43 Å². The molecule has 0 atom stereocenters. The monoisotopic (exact) mass is 354 g/mol. The third kappa shape index (κ3) is 4.74. The molecule has 5 nitrogen and oxygen atoms in total. The third-order valence-corrected chi connectivity index (χ3v) is 2.73. The average Bonchev–Trinajstić information content (AvgIpc) is 2.44. The molecule has 0 fully saturated rings. The fourth-order valence-electron chi connectivity index (χ4n) is 1.60. The average molecular weight is 354 g/mol. The summed E-state index contributed by atoms with van der Waals surface area (Å²) in [6.45, 7) is 1.75. The molecule has 1 aromatic carbocycles. The largest absolute Gasteiger partial charge is 0.417 e. The van der Waals surface area contributed by atoms with Crippen LogP contribution in [0.15, 0.2) is 29.4 Å². The molecule has 1 rings (SSSR count). The smallest absolute Gasteiger partial charge is 0.175 e. The zero-order valence-corrected chi connectivity index (χ0v) is 15.3. The first-order chi connectivity index (χ1) is 8.62. The van der Waals surface area contributed by atoms with Crippen molar-refractivity contribution in [2.24, 2.45) is 5.16 Å². The van der Waals surface area contributed by atoms with Gasteiger partial charge in [0.1, 0.15) is 7.11 Å². The van der Waals surface area contributed by atoms with Crippen LogP contribution in [-0.2, 0) is 57.6 Å². The number of carbonyl (C=O) groups excluding carboxylic acids is 1. The van der Waals surface area contributed by atoms with Gasteiger partial charge in [0.2, 0.25) is 0 Å². The van der Waals surface area contributed by atoms with Crippen LogP contribution in [0.2, 0.25) is 0 Å². The predicted molar refractivity (Wildman–Crippen MR) is 73.5 cm³/mol. The van der Waals surface area contributed by atoms with Crippen LogP contribution in [0.5, 0.6) is 0 Å². The van der Waals surface area contributed by atoms with Gasteiger partial charge in [0.15, 0.2) is 5.79 Å². The van der Waals surface area contributed by atoms with Crippen molar-refractivity contribution in [1.29, 1.82) is 0 Å². The van der Waals surface area contributed by atoms with E-state index in [1.54, 1.807) is 31.4 Å². The van der Waals surface area contributed by atoms with Crippen LogP contribution in [0.1, 0.15) is 18.1 Å². The topological polar surface area (TPSA) is 57.1 Å². The summed E-state index contributed by atoms with van der Waals surface area (Å²) in [5, 5.41) is 3.64. The van der Waals surface area contributed by atoms with E-state index in [1.165, 1.54) is 21.3 Å². The summed E-state index contributed by atoms with van der Waals surface area (Å²) >= 11 is 0. The van der Waals surface area contributed by atoms with Crippen LogP contribution in [-0.4, -0.2) is 33.3 Å². The Bertz CT molecular complexity index is 445. The summed E-state index contributed by atoms with van der Waals surface area (Å²) in [6.07, 6.45) is 1.74. The summed E-state index contributed by atoms with van der Waals surface area (Å²) in [6, 6.07) is 7.14. The molecular weight excluding hydrogens is 335 g/mol. The Kier molecular flexibility index (Phi) is 11.0. The van der Waals surface area contributed by atoms with E-state index < -0.39 is 5.79 Å². The Morgan fingerprint density at radius 3 is 2.20 bits per heavy atom. The van der Waals surface area contributed by atoms with Gasteiger partial charge in [0.05, 0.1) is 0 Å². The maximum atomic E-state index is 10.9. The van der Waals surface area contributed by atoms with Crippen LogP contribution >= 0.6 is 0 Å². The number of hydrogen-bond acceptors (Lipinski definition) is 5. The van der Waals surface area contributed by atoms with Gasteiger partial charge in [0.25, 0.3) is 0 Å². The summed E-state index contributed by atoms with van der Waals surface area (Å²) in [7, 11) is 4.42. The molecule has 6 heteroatoms. The number of benzene rings is 1. The van der Waals surface area contributed by atoms with E-state index in [2.05, 4.69) is 9.99 Å². The fourth-order valence-corrected chi connectivity index (χ4v) is 1.60. The minimum absolute atomic E-state index is 0. The Morgan fingerprint density at radius 1 is 1.20 bits per heavy atom. The van der Waals surface area contributed by atoms with Crippen molar-refractivity contribution in [2.45, 2.75) is 12.7 Å². The van der Waals surface area contributed by atoms with E-state index in [4.69, 9.17) is 9.47 Å². The molecule has 0 N–H and O–H groups in total. The molecule has 0 aromatic heterocycles. The predicted octanol–water partition coefficient (Wildman–Crippen LogP) is 2.06. The van der Waals surface area contributed by atoms with Gasteiger partial charge in [-0.05, 0) is 12.6 Å². The molecule has 0 saturated heterocycles. The van der Waals surface area contributed by atoms with Gasteiger partial charge in [-0.15, -0.1) is 16.8 Å². The first-order valence-electron chi connectivity index (χ1n) is 5.32. The molecule has 0 heterocycles. The Labute approximate surface area is 145 Å². The van der Waals surface area contributed by atoms with Gasteiger partial charge in [-0.1, -0.05) is 23.8 Å². The zero-order chi connectivity index (χ0) is 13.6. The first-order valence-corrected chi connectivity index (χ1v) is 5.32. The fraction of sp³-hybridized carbons (Fsp3) is 0.357. The molecular formula is C14H19NO4Y-2. The van der Waals surface area contributed by atoms with Crippen molar-refractivity contribution in [3.8, 4) is 0 Å². The second kappa shape index (κ2) is 10.2. The van der Waals surface area contributed by atoms with Crippen molar-refractivity contribution >= 4 is 12.0 Å². The maximum Gasteiger partial charge on any atom is 0.175 e. The molecule has 20 heavy (non-hydrogen) atoms. The number of oxime groups is 1. The quantitative estimate of drug-likeness (QED) is 0.340. The Morgan fingerprint density at radius 2 is 1.75 bits per heavy atom. The van der Waals surface area contributed by atoms with E-state index in [1.807, 2.05) is 6.07 Å². The Hall–Kier alpha value is -0.616. The molecule has 0 bridgehead atoms. The van der Waals surface area contributed by atoms with Crippen LogP contribution in [0.25, 0.3) is 0 Å². The number of ether oxygens (including phenoxy) is 2. The molecule has 0 aliphatic carbocycles. The molecule has 0 unspecified atom stereocenters. The second-order valence-electron chi connectivity index (χ2n) is 3.62. The second-order valence-corrected chi connectivity index (χ2v) is 3.62. The van der Waals surface area contributed by atoms with Gasteiger partial charge in [-0.2, -0.15) is 0 Å². The standard InChI is InChI=1S/C13H16NO4.CH3.Y/c1-13(16-2,17-3)11-8-6-5-7-10(11)12(9-15)14-18-4;;/h5-8H,1-4H3;1H3;/q2*-1;/b14-12-;;. The Balaban J connectivity index is 0. The minimum atomic E-state index is -0.970. The number of hydrogen-bond donors (Lipinski definition) is 0. The van der Waals surface area contributed by atoms with Gasteiger partial charge < -0.3 is 26.5 Å². The van der Waals surface area contributed by atoms with Crippen molar-refractivity contribution in [3.63, 3.8) is 0 Å². The van der Waals surface area contributed by atoms with Crippen LogP contribution < -0.4 is 0 Å². The van der Waals surface area contributed by atoms with Crippen molar-refractivity contribution in [3.05, 3.63) is 42.8 Å². The third-order valence-electron chi connectivity index (χ3n) is 2.73. The van der Waals surface area contributed by atoms with Gasteiger partial charge in [0, 0.05) is 53.2 Å². The number of rotatable bonds is 6. The molecule has 0 aliphatic heterocycles. The number of methoxy groups -OCH3 is 2. The van der Waals surface area contributed by atoms with Crippen molar-refractivity contribution in [1.82, 2.24) is 0 Å². The maximum absolute atomic E-state index is 10.9. The van der Waals surface area contributed by atoms with Gasteiger partial charge in [-0.25, -0.2) is 0 Å². The molecule has 0 aliphatic rings. The number of nitrogens with zero attached hydrogens (tertiary/aromatic N) is 1. The molecule has 109 valence electrons. The van der Waals surface area contributed by atoms with E-state index in [9.17, 15) is 4.79 Å². The SMILES string of the molecule is CO/N=C(/[C-]=O)c1ccccc1C(C)(OC)OC.[CH3-].[Y]. The molecule has 0 amide bonds. The van der Waals surface area contributed by atoms with E-state index in [-0.39, 0.29) is 45.8 Å².